The van der Waals surface area contributed by atoms with E-state index in [1.165, 1.54) is 6.92 Å². The van der Waals surface area contributed by atoms with E-state index in [9.17, 15) is 9.90 Å². The van der Waals surface area contributed by atoms with Crippen LogP contribution in [0.1, 0.15) is 33.1 Å². The predicted octanol–water partition coefficient (Wildman–Crippen LogP) is 2.17. The molecule has 2 atom stereocenters. The summed E-state index contributed by atoms with van der Waals surface area (Å²) in [6.45, 7) is 6.94. The van der Waals surface area contributed by atoms with E-state index >= 15 is 0 Å². The largest absolute Gasteiger partial charge is 0.431 e. The lowest BCUT2D eigenvalue weighted by molar-refractivity contribution is -0.140. The molecule has 0 aromatic heterocycles. The van der Waals surface area contributed by atoms with Gasteiger partial charge in [0, 0.05) is 6.92 Å². The summed E-state index contributed by atoms with van der Waals surface area (Å²) < 4.78 is 5.14. The maximum Gasteiger partial charge on any atom is 0.307 e. The van der Waals surface area contributed by atoms with E-state index < -0.39 is 11.5 Å². The van der Waals surface area contributed by atoms with E-state index in [1.54, 1.807) is 6.08 Å². The minimum Gasteiger partial charge on any atom is -0.431 e. The summed E-state index contributed by atoms with van der Waals surface area (Å²) in [6.07, 6.45) is 5.21. The molecule has 3 heteroatoms. The first kappa shape index (κ1) is 12.0. The van der Waals surface area contributed by atoms with Gasteiger partial charge in [0.1, 0.15) is 5.76 Å². The molecule has 1 rings (SSSR count). The quantitative estimate of drug-likeness (QED) is 0.573. The topological polar surface area (TPSA) is 46.5 Å². The molecule has 84 valence electrons. The molecule has 0 amide bonds. The Bertz CT molecular complexity index is 293. The lowest BCUT2D eigenvalue weighted by Gasteiger charge is -2.37. The van der Waals surface area contributed by atoms with Crippen LogP contribution in [0.4, 0.5) is 0 Å². The van der Waals surface area contributed by atoms with Crippen LogP contribution in [0.15, 0.2) is 24.5 Å². The maximum atomic E-state index is 10.9. The van der Waals surface area contributed by atoms with Gasteiger partial charge in [-0.15, -0.1) is 6.58 Å². The molecule has 1 aliphatic rings. The zero-order chi connectivity index (χ0) is 11.5. The zero-order valence-electron chi connectivity index (χ0n) is 9.32. The van der Waals surface area contributed by atoms with Gasteiger partial charge in [-0.05, 0) is 32.3 Å². The van der Waals surface area contributed by atoms with E-state index in [2.05, 4.69) is 6.58 Å². The van der Waals surface area contributed by atoms with Crippen molar-refractivity contribution >= 4 is 5.97 Å². The van der Waals surface area contributed by atoms with Crippen LogP contribution in [0.3, 0.4) is 0 Å². The number of hydrogen-bond acceptors (Lipinski definition) is 3. The van der Waals surface area contributed by atoms with Gasteiger partial charge in [-0.1, -0.05) is 6.08 Å². The molecular formula is C12H18O3. The Labute approximate surface area is 90.4 Å². The second-order valence-electron chi connectivity index (χ2n) is 4.17. The fraction of sp³-hybridized carbons (Fsp3) is 0.583. The highest BCUT2D eigenvalue weighted by atomic mass is 16.5. The highest BCUT2D eigenvalue weighted by Crippen LogP contribution is 2.41. The van der Waals surface area contributed by atoms with Crippen LogP contribution in [-0.4, -0.2) is 17.2 Å². The lowest BCUT2D eigenvalue weighted by Crippen LogP contribution is -2.37. The molecule has 3 nitrogen and oxygen atoms in total. The molecule has 1 N–H and O–H groups in total. The van der Waals surface area contributed by atoms with Crippen molar-refractivity contribution in [3.05, 3.63) is 24.5 Å². The predicted molar refractivity (Wildman–Crippen MR) is 58.0 cm³/mol. The number of aliphatic hydroxyl groups excluding tert-OH is 1. The highest BCUT2D eigenvalue weighted by Gasteiger charge is 2.39. The van der Waals surface area contributed by atoms with Gasteiger partial charge in [0.05, 0.1) is 11.5 Å². The maximum absolute atomic E-state index is 10.9. The van der Waals surface area contributed by atoms with Crippen LogP contribution in [-0.2, 0) is 9.53 Å². The molecule has 0 fully saturated rings. The monoisotopic (exact) mass is 210 g/mol. The Kier molecular flexibility index (Phi) is 3.69. The highest BCUT2D eigenvalue weighted by molar-refractivity contribution is 5.67. The number of esters is 1. The molecule has 0 aromatic carbocycles. The molecule has 0 unspecified atom stereocenters. The van der Waals surface area contributed by atoms with E-state index in [1.807, 2.05) is 13.0 Å². The molecule has 0 aliphatic heterocycles. The van der Waals surface area contributed by atoms with Crippen molar-refractivity contribution in [3.8, 4) is 0 Å². The lowest BCUT2D eigenvalue weighted by atomic mass is 9.74. The number of ether oxygens (including phenoxy) is 1. The van der Waals surface area contributed by atoms with Crippen molar-refractivity contribution in [2.75, 3.05) is 0 Å². The number of aliphatic hydroxyl groups is 1. The number of hydrogen-bond donors (Lipinski definition) is 1. The molecule has 15 heavy (non-hydrogen) atoms. The SMILES string of the molecule is C=CC[C@@]1(C)C(OC(C)=O)=CCC[C@H]1O. The molecule has 0 radical (unpaired) electrons. The third-order valence-electron chi connectivity index (χ3n) is 2.89. The minimum absolute atomic E-state index is 0.342. The van der Waals surface area contributed by atoms with E-state index in [0.29, 0.717) is 18.6 Å². The van der Waals surface area contributed by atoms with Crippen LogP contribution in [0.5, 0.6) is 0 Å². The van der Waals surface area contributed by atoms with E-state index in [0.717, 1.165) is 6.42 Å². The molecule has 0 bridgehead atoms. The Morgan fingerprint density at radius 3 is 3.07 bits per heavy atom. The van der Waals surface area contributed by atoms with E-state index in [4.69, 9.17) is 4.74 Å². The molecule has 0 spiro atoms. The van der Waals surface area contributed by atoms with Crippen molar-refractivity contribution in [1.82, 2.24) is 0 Å². The summed E-state index contributed by atoms with van der Waals surface area (Å²) in [6, 6.07) is 0. The first-order valence-corrected chi connectivity index (χ1v) is 5.18. The second kappa shape index (κ2) is 4.62. The summed E-state index contributed by atoms with van der Waals surface area (Å²) in [5.74, 6) is 0.235. The van der Waals surface area contributed by atoms with Gasteiger partial charge >= 0.3 is 5.97 Å². The summed E-state index contributed by atoms with van der Waals surface area (Å²) in [7, 11) is 0. The summed E-state index contributed by atoms with van der Waals surface area (Å²) in [4.78, 5) is 10.9. The van der Waals surface area contributed by atoms with Gasteiger partial charge in [-0.3, -0.25) is 4.79 Å². The summed E-state index contributed by atoms with van der Waals surface area (Å²) in [5, 5.41) is 9.96. The Morgan fingerprint density at radius 2 is 2.53 bits per heavy atom. The van der Waals surface area contributed by atoms with Crippen LogP contribution >= 0.6 is 0 Å². The average Bonchev–Trinajstić information content (AvgIpc) is 2.13. The van der Waals surface area contributed by atoms with Crippen molar-refractivity contribution in [2.24, 2.45) is 5.41 Å². The minimum atomic E-state index is -0.508. The van der Waals surface area contributed by atoms with Gasteiger partial charge in [0.25, 0.3) is 0 Å². The molecular weight excluding hydrogens is 192 g/mol. The molecule has 0 saturated heterocycles. The first-order chi connectivity index (χ1) is 7.00. The van der Waals surface area contributed by atoms with Crippen molar-refractivity contribution in [3.63, 3.8) is 0 Å². The van der Waals surface area contributed by atoms with Crippen molar-refractivity contribution in [2.45, 2.75) is 39.2 Å². The number of carbonyl (C=O) groups excluding carboxylic acids is 1. The van der Waals surface area contributed by atoms with Gasteiger partial charge in [-0.2, -0.15) is 0 Å². The Hall–Kier alpha value is -1.09. The fourth-order valence-electron chi connectivity index (χ4n) is 1.94. The Morgan fingerprint density at radius 1 is 1.87 bits per heavy atom. The number of rotatable bonds is 3. The molecule has 0 saturated carbocycles. The van der Waals surface area contributed by atoms with Gasteiger partial charge in [0.15, 0.2) is 0 Å². The number of allylic oxidation sites excluding steroid dienone is 2. The van der Waals surface area contributed by atoms with E-state index in [-0.39, 0.29) is 5.97 Å². The smallest absolute Gasteiger partial charge is 0.307 e. The van der Waals surface area contributed by atoms with Crippen molar-refractivity contribution < 1.29 is 14.6 Å². The third-order valence-corrected chi connectivity index (χ3v) is 2.89. The first-order valence-electron chi connectivity index (χ1n) is 5.18. The zero-order valence-corrected chi connectivity index (χ0v) is 9.32. The molecule has 1 aliphatic carbocycles. The van der Waals surface area contributed by atoms with Crippen LogP contribution in [0.2, 0.25) is 0 Å². The molecule has 0 heterocycles. The van der Waals surface area contributed by atoms with Gasteiger partial charge < -0.3 is 9.84 Å². The fourth-order valence-corrected chi connectivity index (χ4v) is 1.94. The van der Waals surface area contributed by atoms with Crippen LogP contribution in [0, 0.1) is 5.41 Å². The number of carbonyl (C=O) groups is 1. The average molecular weight is 210 g/mol. The van der Waals surface area contributed by atoms with Crippen LogP contribution < -0.4 is 0 Å². The summed E-state index contributed by atoms with van der Waals surface area (Å²) in [5.41, 5.74) is -0.508. The van der Waals surface area contributed by atoms with Gasteiger partial charge in [-0.25, -0.2) is 0 Å². The standard InChI is InChI=1S/C12H18O3/c1-4-8-12(3)10(14)6-5-7-11(12)15-9(2)13/h4,7,10,14H,1,5-6,8H2,2-3H3/t10-,12-/m1/s1. The van der Waals surface area contributed by atoms with Crippen molar-refractivity contribution in [1.29, 1.82) is 0 Å². The molecule has 0 aromatic rings. The Balaban J connectivity index is 2.93. The second-order valence-corrected chi connectivity index (χ2v) is 4.17. The van der Waals surface area contributed by atoms with Crippen LogP contribution in [0.25, 0.3) is 0 Å². The normalized spacial score (nSPS) is 30.6. The van der Waals surface area contributed by atoms with Gasteiger partial charge in [0.2, 0.25) is 0 Å². The summed E-state index contributed by atoms with van der Waals surface area (Å²) >= 11 is 0. The third kappa shape index (κ3) is 2.48.